The summed E-state index contributed by atoms with van der Waals surface area (Å²) in [6.07, 6.45) is 1.44. The van der Waals surface area contributed by atoms with Crippen LogP contribution in [0.1, 0.15) is 28.7 Å². The van der Waals surface area contributed by atoms with Gasteiger partial charge in [-0.2, -0.15) is 0 Å². The number of aromatic nitrogens is 2. The van der Waals surface area contributed by atoms with Gasteiger partial charge in [-0.25, -0.2) is 4.98 Å². The summed E-state index contributed by atoms with van der Waals surface area (Å²) in [4.78, 5) is 29.9. The van der Waals surface area contributed by atoms with E-state index in [1.165, 1.54) is 5.56 Å². The molecule has 6 nitrogen and oxygen atoms in total. The molecule has 0 unspecified atom stereocenters. The zero-order valence-corrected chi connectivity index (χ0v) is 19.1. The summed E-state index contributed by atoms with van der Waals surface area (Å²) in [6, 6.07) is 22.3. The van der Waals surface area contributed by atoms with Crippen LogP contribution < -0.4 is 10.6 Å². The van der Waals surface area contributed by atoms with E-state index in [1.807, 2.05) is 53.1 Å². The molecule has 2 N–H and O–H groups in total. The van der Waals surface area contributed by atoms with Crippen molar-refractivity contribution in [1.82, 2.24) is 14.9 Å². The molecule has 0 bridgehead atoms. The predicted molar refractivity (Wildman–Crippen MR) is 132 cm³/mol. The molecule has 4 aromatic rings. The minimum atomic E-state index is -0.178. The van der Waals surface area contributed by atoms with Gasteiger partial charge in [-0.05, 0) is 60.5 Å². The fraction of sp³-hybridized carbons (Fsp3) is 0.192. The van der Waals surface area contributed by atoms with Crippen LogP contribution in [-0.2, 0) is 24.2 Å². The minimum absolute atomic E-state index is 0.131. The smallest absolute Gasteiger partial charge is 0.251 e. The van der Waals surface area contributed by atoms with Gasteiger partial charge in [0.15, 0.2) is 0 Å². The number of anilines is 1. The Labute approximate surface area is 197 Å². The van der Waals surface area contributed by atoms with Gasteiger partial charge in [0.05, 0.1) is 11.0 Å². The minimum Gasteiger partial charge on any atom is -0.352 e. The normalized spacial score (nSPS) is 10.8. The quantitative estimate of drug-likeness (QED) is 0.394. The van der Waals surface area contributed by atoms with Gasteiger partial charge in [-0.3, -0.25) is 9.59 Å². The third-order valence-corrected chi connectivity index (χ3v) is 5.67. The topological polar surface area (TPSA) is 76.0 Å². The van der Waals surface area contributed by atoms with Gasteiger partial charge in [0.2, 0.25) is 5.91 Å². The maximum atomic E-state index is 12.8. The molecule has 0 aliphatic rings. The Balaban J connectivity index is 1.45. The van der Waals surface area contributed by atoms with Crippen LogP contribution in [0.3, 0.4) is 0 Å². The monoisotopic (exact) mass is 460 g/mol. The number of aryl methyl sites for hydroxylation is 1. The fourth-order valence-electron chi connectivity index (χ4n) is 3.65. The van der Waals surface area contributed by atoms with Crippen molar-refractivity contribution in [2.75, 3.05) is 11.9 Å². The standard InChI is InChI=1S/C26H25ClN4O2/c1-2-18-7-13-21(14-8-18)29-25(32)17-31-23-6-4-3-5-22(23)30-24(31)15-16-28-26(33)19-9-11-20(27)12-10-19/h3-14H,2,15-17H2,1H3,(H,28,33)(H,29,32). The van der Waals surface area contributed by atoms with Crippen LogP contribution in [0.25, 0.3) is 11.0 Å². The number of hydrogen-bond donors (Lipinski definition) is 2. The van der Waals surface area contributed by atoms with Crippen molar-refractivity contribution >= 4 is 40.1 Å². The van der Waals surface area contributed by atoms with Crippen LogP contribution in [0, 0.1) is 0 Å². The Hall–Kier alpha value is -3.64. The molecule has 0 spiro atoms. The van der Waals surface area contributed by atoms with E-state index < -0.39 is 0 Å². The highest BCUT2D eigenvalue weighted by Gasteiger charge is 2.14. The van der Waals surface area contributed by atoms with Gasteiger partial charge >= 0.3 is 0 Å². The molecule has 3 aromatic carbocycles. The van der Waals surface area contributed by atoms with E-state index in [1.54, 1.807) is 24.3 Å². The second-order valence-corrected chi connectivity index (χ2v) is 8.15. The lowest BCUT2D eigenvalue weighted by Crippen LogP contribution is -2.27. The Morgan fingerprint density at radius 3 is 2.42 bits per heavy atom. The molecule has 4 rings (SSSR count). The molecule has 0 atom stereocenters. The average Bonchev–Trinajstić information content (AvgIpc) is 3.17. The number of amides is 2. The molecule has 7 heteroatoms. The van der Waals surface area contributed by atoms with Gasteiger partial charge in [0.1, 0.15) is 12.4 Å². The first-order valence-electron chi connectivity index (χ1n) is 10.9. The van der Waals surface area contributed by atoms with Crippen molar-refractivity contribution in [3.8, 4) is 0 Å². The summed E-state index contributed by atoms with van der Waals surface area (Å²) in [5.74, 6) is 0.431. The fourth-order valence-corrected chi connectivity index (χ4v) is 3.78. The highest BCUT2D eigenvalue weighted by molar-refractivity contribution is 6.30. The Kier molecular flexibility index (Phi) is 7.05. The van der Waals surface area contributed by atoms with Crippen molar-refractivity contribution < 1.29 is 9.59 Å². The lowest BCUT2D eigenvalue weighted by Gasteiger charge is -2.11. The van der Waals surface area contributed by atoms with Gasteiger partial charge in [0, 0.05) is 29.2 Å². The summed E-state index contributed by atoms with van der Waals surface area (Å²) in [6.45, 7) is 2.62. The van der Waals surface area contributed by atoms with Crippen LogP contribution in [0.15, 0.2) is 72.8 Å². The maximum Gasteiger partial charge on any atom is 0.251 e. The number of hydrogen-bond acceptors (Lipinski definition) is 3. The van der Waals surface area contributed by atoms with E-state index in [9.17, 15) is 9.59 Å². The molecule has 0 aliphatic carbocycles. The number of benzene rings is 3. The Morgan fingerprint density at radius 2 is 1.70 bits per heavy atom. The van der Waals surface area contributed by atoms with Crippen LogP contribution in [0.2, 0.25) is 5.02 Å². The van der Waals surface area contributed by atoms with Crippen molar-refractivity contribution in [2.24, 2.45) is 0 Å². The Morgan fingerprint density at radius 1 is 0.970 bits per heavy atom. The SMILES string of the molecule is CCc1ccc(NC(=O)Cn2c(CCNC(=O)c3ccc(Cl)cc3)nc3ccccc32)cc1. The number of nitrogens with zero attached hydrogens (tertiary/aromatic N) is 2. The molecule has 168 valence electrons. The van der Waals surface area contributed by atoms with Crippen molar-refractivity contribution in [3.05, 3.63) is 94.8 Å². The van der Waals surface area contributed by atoms with Crippen molar-refractivity contribution in [3.63, 3.8) is 0 Å². The van der Waals surface area contributed by atoms with E-state index >= 15 is 0 Å². The van der Waals surface area contributed by atoms with E-state index in [2.05, 4.69) is 17.6 Å². The van der Waals surface area contributed by atoms with Gasteiger partial charge in [-0.15, -0.1) is 0 Å². The number of rotatable bonds is 8. The van der Waals surface area contributed by atoms with Gasteiger partial charge in [0.25, 0.3) is 5.91 Å². The number of imidazole rings is 1. The van der Waals surface area contributed by atoms with E-state index in [0.29, 0.717) is 23.6 Å². The maximum absolute atomic E-state index is 12.8. The summed E-state index contributed by atoms with van der Waals surface area (Å²) in [7, 11) is 0. The summed E-state index contributed by atoms with van der Waals surface area (Å²) < 4.78 is 1.90. The van der Waals surface area contributed by atoms with Crippen molar-refractivity contribution in [1.29, 1.82) is 0 Å². The summed E-state index contributed by atoms with van der Waals surface area (Å²) in [5.41, 5.74) is 4.22. The van der Waals surface area contributed by atoms with Crippen molar-refractivity contribution in [2.45, 2.75) is 26.3 Å². The summed E-state index contributed by atoms with van der Waals surface area (Å²) >= 11 is 5.89. The van der Waals surface area contributed by atoms with Crippen LogP contribution in [0.4, 0.5) is 5.69 Å². The molecule has 33 heavy (non-hydrogen) atoms. The predicted octanol–water partition coefficient (Wildman–Crippen LogP) is 4.86. The van der Waals surface area contributed by atoms with E-state index in [4.69, 9.17) is 16.6 Å². The molecule has 0 saturated heterocycles. The van der Waals surface area contributed by atoms with Gasteiger partial charge in [-0.1, -0.05) is 42.8 Å². The number of fused-ring (bicyclic) bond motifs is 1. The zero-order chi connectivity index (χ0) is 23.2. The van der Waals surface area contributed by atoms with Gasteiger partial charge < -0.3 is 15.2 Å². The van der Waals surface area contributed by atoms with E-state index in [0.717, 1.165) is 29.0 Å². The number of carbonyl (C=O) groups is 2. The number of halogens is 1. The third-order valence-electron chi connectivity index (χ3n) is 5.42. The average molecular weight is 461 g/mol. The van der Waals surface area contributed by atoms with Crippen LogP contribution >= 0.6 is 11.6 Å². The highest BCUT2D eigenvalue weighted by atomic mass is 35.5. The number of para-hydroxylation sites is 2. The first-order chi connectivity index (χ1) is 16.0. The molecule has 0 aliphatic heterocycles. The second-order valence-electron chi connectivity index (χ2n) is 7.71. The second kappa shape index (κ2) is 10.3. The molecule has 0 fully saturated rings. The summed E-state index contributed by atoms with van der Waals surface area (Å²) in [5, 5.41) is 6.45. The highest BCUT2D eigenvalue weighted by Crippen LogP contribution is 2.17. The zero-order valence-electron chi connectivity index (χ0n) is 18.3. The lowest BCUT2D eigenvalue weighted by molar-refractivity contribution is -0.116. The molecular weight excluding hydrogens is 436 g/mol. The molecule has 0 saturated carbocycles. The van der Waals surface area contributed by atoms with Crippen LogP contribution in [-0.4, -0.2) is 27.9 Å². The first kappa shape index (κ1) is 22.6. The molecule has 1 heterocycles. The molecule has 0 radical (unpaired) electrons. The van der Waals surface area contributed by atoms with E-state index in [-0.39, 0.29) is 18.4 Å². The Bertz CT molecular complexity index is 1260. The largest absolute Gasteiger partial charge is 0.352 e. The first-order valence-corrected chi connectivity index (χ1v) is 11.3. The molecule has 2 amide bonds. The number of nitrogens with one attached hydrogen (secondary N) is 2. The third kappa shape index (κ3) is 5.59. The molecular formula is C26H25ClN4O2. The molecule has 1 aromatic heterocycles. The number of carbonyl (C=O) groups excluding carboxylic acids is 2. The lowest BCUT2D eigenvalue weighted by atomic mass is 10.1. The van der Waals surface area contributed by atoms with Crippen LogP contribution in [0.5, 0.6) is 0 Å².